The second-order valence-electron chi connectivity index (χ2n) is 7.22. The fourth-order valence-electron chi connectivity index (χ4n) is 3.43. The molecule has 0 saturated carbocycles. The second-order valence-corrected chi connectivity index (χ2v) is 7.22. The van der Waals surface area contributed by atoms with E-state index >= 15 is 0 Å². The second kappa shape index (κ2) is 9.51. The highest BCUT2D eigenvalue weighted by molar-refractivity contribution is 6.03. The number of ether oxygens (including phenoxy) is 3. The Labute approximate surface area is 182 Å². The Balaban J connectivity index is 2.00. The molecule has 0 aliphatic carbocycles. The minimum Gasteiger partial charge on any atom is -0.497 e. The molecule has 164 valence electrons. The summed E-state index contributed by atoms with van der Waals surface area (Å²) in [6.45, 7) is 1.35. The van der Waals surface area contributed by atoms with Gasteiger partial charge in [0.1, 0.15) is 23.8 Å². The van der Waals surface area contributed by atoms with Gasteiger partial charge in [-0.25, -0.2) is 5.01 Å². The van der Waals surface area contributed by atoms with Crippen LogP contribution >= 0.6 is 0 Å². The van der Waals surface area contributed by atoms with Gasteiger partial charge in [-0.3, -0.25) is 9.59 Å². The number of carbonyl (C=O) groups is 2. The molecule has 0 unspecified atom stereocenters. The summed E-state index contributed by atoms with van der Waals surface area (Å²) in [5.74, 6) is 1.56. The largest absolute Gasteiger partial charge is 0.497 e. The van der Waals surface area contributed by atoms with E-state index in [1.807, 2.05) is 36.4 Å². The van der Waals surface area contributed by atoms with Gasteiger partial charge in [0.05, 0.1) is 33.1 Å². The maximum Gasteiger partial charge on any atom is 0.262 e. The number of nitrogens with zero attached hydrogens (tertiary/aromatic N) is 3. The fraction of sp³-hybridized carbons (Fsp3) is 0.348. The number of benzene rings is 2. The summed E-state index contributed by atoms with van der Waals surface area (Å²) in [6.07, 6.45) is 0.491. The topological polar surface area (TPSA) is 80.7 Å². The van der Waals surface area contributed by atoms with Crippen molar-refractivity contribution in [3.63, 3.8) is 0 Å². The molecule has 2 aromatic carbocycles. The number of carbonyl (C=O) groups excluding carboxylic acids is 2. The van der Waals surface area contributed by atoms with Crippen LogP contribution in [0.1, 0.15) is 30.5 Å². The average Bonchev–Trinajstić information content (AvgIpc) is 3.24. The van der Waals surface area contributed by atoms with Crippen LogP contribution in [-0.2, 0) is 9.59 Å². The highest BCUT2D eigenvalue weighted by Crippen LogP contribution is 2.39. The van der Waals surface area contributed by atoms with E-state index in [9.17, 15) is 9.59 Å². The first-order valence-electron chi connectivity index (χ1n) is 9.85. The van der Waals surface area contributed by atoms with Gasteiger partial charge in [-0.2, -0.15) is 5.10 Å². The Morgan fingerprint density at radius 1 is 1.03 bits per heavy atom. The smallest absolute Gasteiger partial charge is 0.262 e. The predicted molar refractivity (Wildman–Crippen MR) is 117 cm³/mol. The van der Waals surface area contributed by atoms with Gasteiger partial charge in [-0.1, -0.05) is 0 Å². The zero-order valence-electron chi connectivity index (χ0n) is 18.4. The van der Waals surface area contributed by atoms with Crippen molar-refractivity contribution in [2.45, 2.75) is 19.4 Å². The van der Waals surface area contributed by atoms with Crippen molar-refractivity contribution in [2.24, 2.45) is 5.10 Å². The van der Waals surface area contributed by atoms with E-state index in [4.69, 9.17) is 14.2 Å². The fourth-order valence-corrected chi connectivity index (χ4v) is 3.43. The van der Waals surface area contributed by atoms with Crippen molar-refractivity contribution in [2.75, 3.05) is 34.9 Å². The van der Waals surface area contributed by atoms with Crippen LogP contribution in [0, 0.1) is 0 Å². The number of methoxy groups -OCH3 is 3. The van der Waals surface area contributed by atoms with Gasteiger partial charge in [0.15, 0.2) is 0 Å². The number of amides is 2. The number of hydrazone groups is 1. The summed E-state index contributed by atoms with van der Waals surface area (Å²) in [4.78, 5) is 26.1. The van der Waals surface area contributed by atoms with Crippen LogP contribution < -0.4 is 14.2 Å². The van der Waals surface area contributed by atoms with E-state index in [1.165, 1.54) is 16.8 Å². The molecule has 0 aromatic heterocycles. The SMILES string of the molecule is COc1ccc(C2=NN(C(=O)CN(C)C(C)=O)[C@@H](c3cc(OC)ccc3OC)C2)cc1. The van der Waals surface area contributed by atoms with Crippen molar-refractivity contribution in [1.82, 2.24) is 9.91 Å². The molecule has 0 radical (unpaired) electrons. The summed E-state index contributed by atoms with van der Waals surface area (Å²) < 4.78 is 16.2. The van der Waals surface area contributed by atoms with Crippen molar-refractivity contribution < 1.29 is 23.8 Å². The van der Waals surface area contributed by atoms with Gasteiger partial charge in [-0.15, -0.1) is 0 Å². The Morgan fingerprint density at radius 2 is 1.68 bits per heavy atom. The average molecular weight is 425 g/mol. The Morgan fingerprint density at radius 3 is 2.26 bits per heavy atom. The molecule has 31 heavy (non-hydrogen) atoms. The predicted octanol–water partition coefficient (Wildman–Crippen LogP) is 2.87. The Kier molecular flexibility index (Phi) is 6.79. The molecule has 0 fully saturated rings. The first-order chi connectivity index (χ1) is 14.9. The third-order valence-corrected chi connectivity index (χ3v) is 5.29. The van der Waals surface area contributed by atoms with Gasteiger partial charge in [0.25, 0.3) is 5.91 Å². The van der Waals surface area contributed by atoms with Crippen molar-refractivity contribution in [1.29, 1.82) is 0 Å². The lowest BCUT2D eigenvalue weighted by atomic mass is 9.97. The summed E-state index contributed by atoms with van der Waals surface area (Å²) in [7, 11) is 6.37. The normalized spacial score (nSPS) is 15.3. The van der Waals surface area contributed by atoms with Gasteiger partial charge < -0.3 is 19.1 Å². The molecule has 2 amide bonds. The molecular formula is C23H27N3O5. The van der Waals surface area contributed by atoms with Crippen LogP contribution in [0.3, 0.4) is 0 Å². The van der Waals surface area contributed by atoms with Crippen LogP contribution in [0.25, 0.3) is 0 Å². The van der Waals surface area contributed by atoms with Crippen molar-refractivity contribution in [3.8, 4) is 17.2 Å². The van der Waals surface area contributed by atoms with Gasteiger partial charge >= 0.3 is 0 Å². The lowest BCUT2D eigenvalue weighted by molar-refractivity contribution is -0.139. The lowest BCUT2D eigenvalue weighted by Crippen LogP contribution is -2.38. The van der Waals surface area contributed by atoms with E-state index in [2.05, 4.69) is 5.10 Å². The van der Waals surface area contributed by atoms with Crippen LogP contribution in [0.5, 0.6) is 17.2 Å². The number of likely N-dealkylation sites (N-methyl/N-ethyl adjacent to an activating group) is 1. The number of hydrogen-bond donors (Lipinski definition) is 0. The quantitative estimate of drug-likeness (QED) is 0.682. The minimum atomic E-state index is -0.394. The maximum atomic E-state index is 13.1. The Bertz CT molecular complexity index is 987. The van der Waals surface area contributed by atoms with E-state index in [0.717, 1.165) is 22.6 Å². The van der Waals surface area contributed by atoms with E-state index in [-0.39, 0.29) is 18.4 Å². The molecule has 3 rings (SSSR count). The van der Waals surface area contributed by atoms with Crippen LogP contribution in [0.2, 0.25) is 0 Å². The zero-order chi connectivity index (χ0) is 22.5. The van der Waals surface area contributed by atoms with E-state index in [1.54, 1.807) is 34.4 Å². The molecule has 0 N–H and O–H groups in total. The minimum absolute atomic E-state index is 0.0719. The molecule has 1 heterocycles. The molecule has 1 atom stereocenters. The summed E-state index contributed by atoms with van der Waals surface area (Å²) in [5.41, 5.74) is 2.44. The van der Waals surface area contributed by atoms with Gasteiger partial charge in [-0.05, 0) is 48.0 Å². The van der Waals surface area contributed by atoms with Crippen molar-refractivity contribution >= 4 is 17.5 Å². The third kappa shape index (κ3) is 4.79. The standard InChI is InChI=1S/C23H27N3O5/c1-15(27)25(2)14-23(28)26-21(19-12-18(30-4)10-11-22(19)31-5)13-20(24-26)16-6-8-17(29-3)9-7-16/h6-12,21H,13-14H2,1-5H3/t21-/m1/s1. The summed E-state index contributed by atoms with van der Waals surface area (Å²) in [5, 5.41) is 6.08. The number of hydrogen-bond acceptors (Lipinski definition) is 6. The Hall–Kier alpha value is -3.55. The van der Waals surface area contributed by atoms with E-state index < -0.39 is 6.04 Å². The zero-order valence-corrected chi connectivity index (χ0v) is 18.4. The lowest BCUT2D eigenvalue weighted by Gasteiger charge is -2.25. The first-order valence-corrected chi connectivity index (χ1v) is 9.85. The van der Waals surface area contributed by atoms with Gasteiger partial charge in [0.2, 0.25) is 5.91 Å². The van der Waals surface area contributed by atoms with E-state index in [0.29, 0.717) is 17.9 Å². The molecule has 1 aliphatic rings. The maximum absolute atomic E-state index is 13.1. The molecule has 0 saturated heterocycles. The summed E-state index contributed by atoms with van der Waals surface area (Å²) >= 11 is 0. The molecule has 0 spiro atoms. The molecule has 0 bridgehead atoms. The van der Waals surface area contributed by atoms with Crippen molar-refractivity contribution in [3.05, 3.63) is 53.6 Å². The highest BCUT2D eigenvalue weighted by atomic mass is 16.5. The van der Waals surface area contributed by atoms with Crippen LogP contribution in [0.4, 0.5) is 0 Å². The molecular weight excluding hydrogens is 398 g/mol. The van der Waals surface area contributed by atoms with Gasteiger partial charge in [0, 0.05) is 26.0 Å². The monoisotopic (exact) mass is 425 g/mol. The molecule has 1 aliphatic heterocycles. The number of rotatable bonds is 7. The summed E-state index contributed by atoms with van der Waals surface area (Å²) in [6, 6.07) is 12.6. The van der Waals surface area contributed by atoms with Crippen LogP contribution in [0.15, 0.2) is 47.6 Å². The molecule has 2 aromatic rings. The third-order valence-electron chi connectivity index (χ3n) is 5.29. The van der Waals surface area contributed by atoms with Crippen LogP contribution in [-0.4, -0.2) is 62.4 Å². The highest BCUT2D eigenvalue weighted by Gasteiger charge is 2.35. The molecule has 8 nitrogen and oxygen atoms in total. The first kappa shape index (κ1) is 22.1. The molecule has 8 heteroatoms.